The number of benzene rings is 3. The number of rotatable bonds is 6. The highest BCUT2D eigenvalue weighted by molar-refractivity contribution is 7.92. The zero-order valence-corrected chi connectivity index (χ0v) is 22.9. The highest BCUT2D eigenvalue weighted by atomic mass is 35.5. The number of aliphatic hydroxyl groups is 1. The van der Waals surface area contributed by atoms with Crippen LogP contribution in [0, 0.1) is 0 Å². The predicted octanol–water partition coefficient (Wildman–Crippen LogP) is 3.34. The molecule has 4 rings (SSSR count). The summed E-state index contributed by atoms with van der Waals surface area (Å²) in [6.07, 6.45) is -3.93. The molecule has 16 heteroatoms. The van der Waals surface area contributed by atoms with Crippen LogP contribution in [0.1, 0.15) is 16.7 Å². The molecule has 0 saturated carbocycles. The van der Waals surface area contributed by atoms with Crippen LogP contribution in [0.15, 0.2) is 87.2 Å². The summed E-state index contributed by atoms with van der Waals surface area (Å²) in [7, 11) is -8.30. The van der Waals surface area contributed by atoms with Gasteiger partial charge in [-0.2, -0.15) is 26.7 Å². The third-order valence-electron chi connectivity index (χ3n) is 5.72. The maximum absolute atomic E-state index is 13.3. The first-order valence-corrected chi connectivity index (χ1v) is 14.9. The van der Waals surface area contributed by atoms with Crippen LogP contribution in [0.3, 0.4) is 0 Å². The first-order chi connectivity index (χ1) is 18.5. The van der Waals surface area contributed by atoms with Crippen molar-refractivity contribution in [2.45, 2.75) is 16.7 Å². The van der Waals surface area contributed by atoms with Crippen molar-refractivity contribution in [3.05, 3.63) is 94.5 Å². The summed E-state index contributed by atoms with van der Waals surface area (Å²) in [4.78, 5) is -0.803. The molecule has 1 aliphatic heterocycles. The van der Waals surface area contributed by atoms with Gasteiger partial charge in [0.05, 0.1) is 28.3 Å². The first-order valence-electron chi connectivity index (χ1n) is 11.2. The number of nitrogens with one attached hydrogen (secondary N) is 1. The van der Waals surface area contributed by atoms with Crippen LogP contribution < -0.4 is 10.5 Å². The van der Waals surface area contributed by atoms with Gasteiger partial charge in [-0.25, -0.2) is 13.4 Å². The molecule has 0 bridgehead atoms. The van der Waals surface area contributed by atoms with Crippen LogP contribution >= 0.6 is 11.6 Å². The number of hydrogen-bond donors (Lipinski definition) is 3. The second-order valence-electron chi connectivity index (χ2n) is 8.75. The van der Waals surface area contributed by atoms with Crippen LogP contribution in [0.2, 0.25) is 5.02 Å². The number of sulfonamides is 2. The Labute approximate surface area is 232 Å². The molecule has 212 valence electrons. The van der Waals surface area contributed by atoms with Gasteiger partial charge in [-0.05, 0) is 35.9 Å². The summed E-state index contributed by atoms with van der Waals surface area (Å²) in [5.41, 5.74) is 3.75. The quantitative estimate of drug-likeness (QED) is 0.284. The van der Waals surface area contributed by atoms with Crippen molar-refractivity contribution < 1.29 is 35.1 Å². The van der Waals surface area contributed by atoms with Gasteiger partial charge in [0.15, 0.2) is 5.60 Å². The van der Waals surface area contributed by atoms with E-state index in [-0.39, 0.29) is 11.4 Å². The van der Waals surface area contributed by atoms with E-state index in [2.05, 4.69) is 14.2 Å². The van der Waals surface area contributed by atoms with Gasteiger partial charge in [-0.15, -0.1) is 4.40 Å². The van der Waals surface area contributed by atoms with Gasteiger partial charge in [0, 0.05) is 11.3 Å². The topological polar surface area (TPSA) is 155 Å². The highest BCUT2D eigenvalue weighted by Gasteiger charge is 2.44. The molecule has 0 amide bonds. The van der Waals surface area contributed by atoms with Gasteiger partial charge in [-0.1, -0.05) is 54.1 Å². The molecule has 1 heterocycles. The second kappa shape index (κ2) is 10.4. The lowest BCUT2D eigenvalue weighted by atomic mass is 9.86. The van der Waals surface area contributed by atoms with Crippen molar-refractivity contribution in [1.29, 1.82) is 0 Å². The molecule has 3 aromatic carbocycles. The summed E-state index contributed by atoms with van der Waals surface area (Å²) >= 11 is 5.58. The van der Waals surface area contributed by atoms with Gasteiger partial charge in [0.1, 0.15) is 5.71 Å². The third kappa shape index (κ3) is 6.22. The summed E-state index contributed by atoms with van der Waals surface area (Å²) in [6, 6.07) is 16.1. The molecule has 0 radical (unpaired) electrons. The van der Waals surface area contributed by atoms with Gasteiger partial charge in [0.25, 0.3) is 10.0 Å². The Morgan fingerprint density at radius 3 is 2.27 bits per heavy atom. The monoisotopic (exact) mass is 615 g/mol. The molecule has 4 N–H and O–H groups in total. The molecule has 1 atom stereocenters. The summed E-state index contributed by atoms with van der Waals surface area (Å²) in [5, 5.41) is 16.2. The van der Waals surface area contributed by atoms with Crippen molar-refractivity contribution in [3.63, 3.8) is 0 Å². The zero-order valence-electron chi connectivity index (χ0n) is 20.5. The fraction of sp³-hybridized carbons (Fsp3) is 0.167. The van der Waals surface area contributed by atoms with Crippen molar-refractivity contribution in [1.82, 2.24) is 5.01 Å². The number of halogens is 4. The van der Waals surface area contributed by atoms with E-state index in [9.17, 15) is 35.1 Å². The summed E-state index contributed by atoms with van der Waals surface area (Å²) in [6.45, 7) is -0.394. The number of hydrazone groups is 1. The molecule has 0 aliphatic carbocycles. The molecule has 1 aliphatic rings. The van der Waals surface area contributed by atoms with E-state index < -0.39 is 59.8 Å². The Balaban J connectivity index is 1.75. The van der Waals surface area contributed by atoms with Gasteiger partial charge in [-0.3, -0.25) is 4.72 Å². The number of anilines is 1. The van der Waals surface area contributed by atoms with Crippen molar-refractivity contribution >= 4 is 49.0 Å². The minimum absolute atomic E-state index is 0.0333. The average molecular weight is 616 g/mol. The molecule has 1 unspecified atom stereocenters. The maximum atomic E-state index is 13.3. The number of guanidine groups is 1. The molecule has 0 fully saturated rings. The van der Waals surface area contributed by atoms with Crippen molar-refractivity contribution in [2.75, 3.05) is 17.5 Å². The van der Waals surface area contributed by atoms with Crippen molar-refractivity contribution in [3.8, 4) is 0 Å². The number of alkyl halides is 3. The Bertz CT molecular complexity index is 1720. The summed E-state index contributed by atoms with van der Waals surface area (Å²) in [5.74, 6) is -0.719. The molecular formula is C24H21ClF3N5O5S2. The van der Waals surface area contributed by atoms with Gasteiger partial charge < -0.3 is 10.8 Å². The van der Waals surface area contributed by atoms with Crippen molar-refractivity contribution in [2.24, 2.45) is 15.2 Å². The van der Waals surface area contributed by atoms with Gasteiger partial charge in [0.2, 0.25) is 16.0 Å². The third-order valence-corrected chi connectivity index (χ3v) is 7.94. The molecule has 0 saturated heterocycles. The summed E-state index contributed by atoms with van der Waals surface area (Å²) < 4.78 is 94.3. The lowest BCUT2D eigenvalue weighted by Crippen LogP contribution is -2.42. The normalized spacial score (nSPS) is 18.5. The van der Waals surface area contributed by atoms with Gasteiger partial charge >= 0.3 is 6.18 Å². The smallest absolute Gasteiger partial charge is 0.377 e. The Hall–Kier alpha value is -3.66. The lowest BCUT2D eigenvalue weighted by molar-refractivity contribution is -0.137. The number of hydrogen-bond acceptors (Lipinski definition) is 6. The highest BCUT2D eigenvalue weighted by Crippen LogP contribution is 2.37. The molecule has 40 heavy (non-hydrogen) atoms. The SMILES string of the molecule is CS(=O)(=O)Nc1ccc(C2=NN(/C(N)=N/S(=O)(=O)c3ccc(Cl)c(C(F)(F)F)c3)CC2(O)c2ccccc2)cc1. The first kappa shape index (κ1) is 29.3. The molecule has 10 nitrogen and oxygen atoms in total. The average Bonchev–Trinajstić information content (AvgIpc) is 3.22. The van der Waals surface area contributed by atoms with E-state index >= 15 is 0 Å². The Morgan fingerprint density at radius 1 is 1.07 bits per heavy atom. The molecular weight excluding hydrogens is 595 g/mol. The zero-order chi connectivity index (χ0) is 29.5. The molecule has 3 aromatic rings. The van der Waals surface area contributed by atoms with Crippen LogP contribution in [-0.4, -0.2) is 51.4 Å². The van der Waals surface area contributed by atoms with Crippen LogP contribution in [0.4, 0.5) is 18.9 Å². The maximum Gasteiger partial charge on any atom is 0.417 e. The van der Waals surface area contributed by atoms with E-state index in [1.807, 2.05) is 0 Å². The number of nitrogens with two attached hydrogens (primary N) is 1. The number of β-amino-alcohol motifs (C(OH)–C–C–N with tert-alkyl or cyclic N) is 1. The van der Waals surface area contributed by atoms with E-state index in [4.69, 9.17) is 17.3 Å². The standard InChI is InChI=1S/C24H21ClF3N5O5S2/c1-39(35,36)31-17-9-7-15(8-10-17)21-23(34,16-5-3-2-4-6-16)14-33(30-21)22(29)32-40(37,38)18-11-12-20(25)19(13-18)24(26,27)28/h2-13,31,34H,14H2,1H3,(H2,29,32). The van der Waals surface area contributed by atoms with Crippen LogP contribution in [0.5, 0.6) is 0 Å². The Morgan fingerprint density at radius 2 is 1.70 bits per heavy atom. The van der Waals surface area contributed by atoms with Crippen LogP contribution in [0.25, 0.3) is 0 Å². The lowest BCUT2D eigenvalue weighted by Gasteiger charge is -2.25. The van der Waals surface area contributed by atoms with E-state index in [0.29, 0.717) is 17.2 Å². The fourth-order valence-corrected chi connectivity index (χ4v) is 5.66. The molecule has 0 aromatic heterocycles. The largest absolute Gasteiger partial charge is 0.417 e. The van der Waals surface area contributed by atoms with Crippen LogP contribution in [-0.2, 0) is 31.8 Å². The second-order valence-corrected chi connectivity index (χ2v) is 12.5. The fourth-order valence-electron chi connectivity index (χ4n) is 3.92. The van der Waals surface area contributed by atoms with E-state index in [0.717, 1.165) is 23.4 Å². The predicted molar refractivity (Wildman–Crippen MR) is 144 cm³/mol. The Kier molecular flexibility index (Phi) is 7.62. The minimum atomic E-state index is -4.91. The molecule has 0 spiro atoms. The van der Waals surface area contributed by atoms with E-state index in [1.54, 1.807) is 30.3 Å². The minimum Gasteiger partial charge on any atom is -0.377 e. The van der Waals surface area contributed by atoms with E-state index in [1.165, 1.54) is 24.3 Å². The number of nitrogens with zero attached hydrogens (tertiary/aromatic N) is 3.